The third-order valence-corrected chi connectivity index (χ3v) is 5.78. The Morgan fingerprint density at radius 3 is 2.68 bits per heavy atom. The predicted molar refractivity (Wildman–Crippen MR) is 109 cm³/mol. The first-order valence-electron chi connectivity index (χ1n) is 9.31. The van der Waals surface area contributed by atoms with E-state index in [0.29, 0.717) is 6.54 Å². The Balaban J connectivity index is 1.38. The molecule has 1 aliphatic rings. The van der Waals surface area contributed by atoms with Crippen molar-refractivity contribution in [2.45, 2.75) is 19.0 Å². The summed E-state index contributed by atoms with van der Waals surface area (Å²) in [7, 11) is 0. The number of carbonyl (C=O) groups excluding carboxylic acids is 1. The standard InChI is InChI=1S/C22H22N2O3S/c1-15(17-9-10-18-19(12-17)27-14-26-18)24-21(25)13-23-22(20-8-5-11-28-20)16-6-3-2-4-7-16/h2-12,15,22-23H,13-14H2,1H3,(H,24,25)/p+1/t15-,22+/m1/s1. The summed E-state index contributed by atoms with van der Waals surface area (Å²) in [6.07, 6.45) is 0. The Morgan fingerprint density at radius 1 is 1.07 bits per heavy atom. The quantitative estimate of drug-likeness (QED) is 0.646. The van der Waals surface area contributed by atoms with Crippen molar-refractivity contribution in [2.75, 3.05) is 13.3 Å². The summed E-state index contributed by atoms with van der Waals surface area (Å²) in [5.41, 5.74) is 2.19. The SMILES string of the molecule is C[C@@H](NC(=O)C[NH2+][C@@H](c1ccccc1)c1cccs1)c1ccc2c(c1)OCO2. The zero-order valence-corrected chi connectivity index (χ0v) is 16.4. The molecule has 2 aromatic carbocycles. The van der Waals surface area contributed by atoms with Crippen molar-refractivity contribution >= 4 is 17.2 Å². The maximum absolute atomic E-state index is 12.6. The number of rotatable bonds is 7. The van der Waals surface area contributed by atoms with E-state index in [9.17, 15) is 4.79 Å². The van der Waals surface area contributed by atoms with E-state index in [4.69, 9.17) is 9.47 Å². The lowest BCUT2D eigenvalue weighted by Gasteiger charge is -2.17. The third-order valence-electron chi connectivity index (χ3n) is 4.82. The molecule has 4 rings (SSSR count). The number of amides is 1. The largest absolute Gasteiger partial charge is 0.454 e. The van der Waals surface area contributed by atoms with Crippen LogP contribution in [0.4, 0.5) is 0 Å². The highest BCUT2D eigenvalue weighted by Gasteiger charge is 2.21. The van der Waals surface area contributed by atoms with Gasteiger partial charge in [-0.25, -0.2) is 0 Å². The minimum absolute atomic E-state index is 0.00246. The van der Waals surface area contributed by atoms with E-state index in [0.717, 1.165) is 17.1 Å². The predicted octanol–water partition coefficient (Wildman–Crippen LogP) is 3.01. The van der Waals surface area contributed by atoms with Gasteiger partial charge in [0.15, 0.2) is 18.0 Å². The Kier molecular flexibility index (Phi) is 5.60. The molecule has 6 heteroatoms. The number of ether oxygens (including phenoxy) is 2. The molecule has 1 amide bonds. The van der Waals surface area contributed by atoms with Gasteiger partial charge in [0.2, 0.25) is 6.79 Å². The van der Waals surface area contributed by atoms with Gasteiger partial charge in [-0.15, -0.1) is 11.3 Å². The van der Waals surface area contributed by atoms with Crippen molar-refractivity contribution in [1.82, 2.24) is 5.32 Å². The first-order valence-corrected chi connectivity index (χ1v) is 10.2. The fourth-order valence-corrected chi connectivity index (χ4v) is 4.19. The molecule has 0 radical (unpaired) electrons. The number of fused-ring (bicyclic) bond motifs is 1. The normalized spacial score (nSPS) is 14.5. The highest BCUT2D eigenvalue weighted by molar-refractivity contribution is 7.10. The van der Waals surface area contributed by atoms with Crippen LogP contribution < -0.4 is 20.1 Å². The van der Waals surface area contributed by atoms with Gasteiger partial charge in [0.25, 0.3) is 5.91 Å². The van der Waals surface area contributed by atoms with E-state index >= 15 is 0 Å². The van der Waals surface area contributed by atoms with Gasteiger partial charge in [-0.2, -0.15) is 0 Å². The molecule has 0 saturated heterocycles. The fraction of sp³-hybridized carbons (Fsp3) is 0.227. The molecule has 0 spiro atoms. The number of thiophene rings is 1. The van der Waals surface area contributed by atoms with Gasteiger partial charge >= 0.3 is 0 Å². The van der Waals surface area contributed by atoms with Gasteiger partial charge in [0.05, 0.1) is 10.9 Å². The molecule has 0 fully saturated rings. The molecule has 3 N–H and O–H groups in total. The van der Waals surface area contributed by atoms with E-state index in [-0.39, 0.29) is 24.8 Å². The van der Waals surface area contributed by atoms with Gasteiger partial charge < -0.3 is 20.1 Å². The minimum atomic E-state index is -0.104. The lowest BCUT2D eigenvalue weighted by atomic mass is 10.1. The van der Waals surface area contributed by atoms with Crippen LogP contribution in [0.3, 0.4) is 0 Å². The maximum Gasteiger partial charge on any atom is 0.275 e. The Morgan fingerprint density at radius 2 is 1.89 bits per heavy atom. The highest BCUT2D eigenvalue weighted by Crippen LogP contribution is 2.34. The average Bonchev–Trinajstić information content (AvgIpc) is 3.40. The smallest absolute Gasteiger partial charge is 0.275 e. The summed E-state index contributed by atoms with van der Waals surface area (Å²) in [5.74, 6) is 1.48. The summed E-state index contributed by atoms with van der Waals surface area (Å²) in [6.45, 7) is 2.58. The molecule has 0 bridgehead atoms. The topological polar surface area (TPSA) is 64.2 Å². The number of nitrogens with two attached hydrogens (primary N) is 1. The lowest BCUT2D eigenvalue weighted by molar-refractivity contribution is -0.676. The monoisotopic (exact) mass is 395 g/mol. The zero-order chi connectivity index (χ0) is 19.3. The molecule has 1 aliphatic heterocycles. The van der Waals surface area contributed by atoms with Crippen LogP contribution in [-0.4, -0.2) is 19.2 Å². The van der Waals surface area contributed by atoms with Crippen LogP contribution >= 0.6 is 11.3 Å². The van der Waals surface area contributed by atoms with Gasteiger partial charge in [-0.05, 0) is 36.1 Å². The second-order valence-corrected chi connectivity index (χ2v) is 7.72. The molecular weight excluding hydrogens is 372 g/mol. The van der Waals surface area contributed by atoms with Crippen LogP contribution in [0.2, 0.25) is 0 Å². The molecule has 3 aromatic rings. The van der Waals surface area contributed by atoms with Crippen LogP contribution in [0.15, 0.2) is 66.0 Å². The van der Waals surface area contributed by atoms with Crippen LogP contribution in [0.25, 0.3) is 0 Å². The molecule has 2 atom stereocenters. The average molecular weight is 396 g/mol. The molecule has 0 saturated carbocycles. The van der Waals surface area contributed by atoms with Gasteiger partial charge in [-0.1, -0.05) is 42.5 Å². The number of hydrogen-bond acceptors (Lipinski definition) is 4. The van der Waals surface area contributed by atoms with E-state index in [1.54, 1.807) is 11.3 Å². The summed E-state index contributed by atoms with van der Waals surface area (Å²) < 4.78 is 10.8. The van der Waals surface area contributed by atoms with Crippen LogP contribution in [-0.2, 0) is 4.79 Å². The van der Waals surface area contributed by atoms with Crippen LogP contribution in [0.1, 0.15) is 35.0 Å². The number of carbonyl (C=O) groups is 1. The van der Waals surface area contributed by atoms with Crippen molar-refractivity contribution in [3.8, 4) is 11.5 Å². The molecule has 2 heterocycles. The number of quaternary nitrogens is 1. The molecule has 0 aliphatic carbocycles. The lowest BCUT2D eigenvalue weighted by Crippen LogP contribution is -2.87. The Labute approximate surface area is 168 Å². The first-order chi connectivity index (χ1) is 13.7. The Hall–Kier alpha value is -2.83. The highest BCUT2D eigenvalue weighted by atomic mass is 32.1. The molecule has 0 unspecified atom stereocenters. The molecule has 5 nitrogen and oxygen atoms in total. The van der Waals surface area contributed by atoms with Gasteiger partial charge in [0, 0.05) is 5.56 Å². The van der Waals surface area contributed by atoms with Crippen molar-refractivity contribution in [2.24, 2.45) is 0 Å². The van der Waals surface area contributed by atoms with Gasteiger partial charge in [-0.3, -0.25) is 4.79 Å². The number of hydrogen-bond donors (Lipinski definition) is 2. The van der Waals surface area contributed by atoms with Crippen LogP contribution in [0.5, 0.6) is 11.5 Å². The fourth-order valence-electron chi connectivity index (χ4n) is 3.34. The maximum atomic E-state index is 12.6. The summed E-state index contributed by atoms with van der Waals surface area (Å²) in [4.78, 5) is 13.8. The number of benzene rings is 2. The zero-order valence-electron chi connectivity index (χ0n) is 15.6. The Bertz CT molecular complexity index is 928. The summed E-state index contributed by atoms with van der Waals surface area (Å²) in [6, 6.07) is 20.2. The van der Waals surface area contributed by atoms with Crippen molar-refractivity contribution in [3.05, 3.63) is 82.0 Å². The summed E-state index contributed by atoms with van der Waals surface area (Å²) in [5, 5.41) is 7.23. The molecule has 1 aromatic heterocycles. The first kappa shape index (κ1) is 18.5. The van der Waals surface area contributed by atoms with E-state index in [2.05, 4.69) is 34.2 Å². The second kappa shape index (κ2) is 8.46. The summed E-state index contributed by atoms with van der Waals surface area (Å²) >= 11 is 1.71. The number of nitrogens with one attached hydrogen (secondary N) is 1. The van der Waals surface area contributed by atoms with Crippen molar-refractivity contribution < 1.29 is 19.6 Å². The molecule has 28 heavy (non-hydrogen) atoms. The molecule has 144 valence electrons. The van der Waals surface area contributed by atoms with Crippen molar-refractivity contribution in [1.29, 1.82) is 0 Å². The second-order valence-electron chi connectivity index (χ2n) is 6.75. The van der Waals surface area contributed by atoms with Crippen molar-refractivity contribution in [3.63, 3.8) is 0 Å². The van der Waals surface area contributed by atoms with Crippen LogP contribution in [0, 0.1) is 0 Å². The van der Waals surface area contributed by atoms with Gasteiger partial charge in [0.1, 0.15) is 6.04 Å². The van der Waals surface area contributed by atoms with E-state index in [1.165, 1.54) is 10.4 Å². The van der Waals surface area contributed by atoms with E-state index < -0.39 is 0 Å². The third kappa shape index (κ3) is 4.18. The van der Waals surface area contributed by atoms with E-state index in [1.807, 2.05) is 49.4 Å². The molecular formula is C22H23N2O3S+. The minimum Gasteiger partial charge on any atom is -0.454 e.